The predicted molar refractivity (Wildman–Crippen MR) is 75.5 cm³/mol. The van der Waals surface area contributed by atoms with Crippen LogP contribution in [-0.4, -0.2) is 10.7 Å². The quantitative estimate of drug-likeness (QED) is 0.795. The summed E-state index contributed by atoms with van der Waals surface area (Å²) >= 11 is 0. The van der Waals surface area contributed by atoms with Crippen molar-refractivity contribution in [2.24, 2.45) is 41.4 Å². The van der Waals surface area contributed by atoms with Crippen molar-refractivity contribution in [1.29, 1.82) is 0 Å². The molecule has 6 fully saturated rings. The molecule has 19 heavy (non-hydrogen) atoms. The summed E-state index contributed by atoms with van der Waals surface area (Å²) in [6, 6.07) is 0. The van der Waals surface area contributed by atoms with Crippen molar-refractivity contribution in [3.63, 3.8) is 0 Å². The van der Waals surface area contributed by atoms with Gasteiger partial charge in [0.15, 0.2) is 0 Å². The first-order valence-electron chi connectivity index (χ1n) is 8.93. The first kappa shape index (κ1) is 11.6. The molecule has 0 heterocycles. The van der Waals surface area contributed by atoms with E-state index in [0.717, 1.165) is 29.6 Å². The number of hydrogen-bond acceptors (Lipinski definition) is 1. The van der Waals surface area contributed by atoms with Gasteiger partial charge >= 0.3 is 0 Å². The predicted octanol–water partition coefficient (Wildman–Crippen LogP) is 4.00. The molecule has 0 aliphatic heterocycles. The number of aliphatic hydroxyl groups is 1. The minimum Gasteiger partial charge on any atom is -0.389 e. The minimum atomic E-state index is -0.234. The van der Waals surface area contributed by atoms with Crippen LogP contribution < -0.4 is 0 Å². The Bertz CT molecular complexity index is 359. The lowest BCUT2D eigenvalue weighted by Gasteiger charge is -2.60. The molecule has 3 unspecified atom stereocenters. The van der Waals surface area contributed by atoms with Gasteiger partial charge in [0.2, 0.25) is 0 Å². The number of fused-ring (bicyclic) bond motifs is 2. The Morgan fingerprint density at radius 3 is 1.95 bits per heavy atom. The Hall–Kier alpha value is -0.0400. The maximum Gasteiger partial charge on any atom is 0.0706 e. The molecule has 0 aromatic rings. The van der Waals surface area contributed by atoms with E-state index >= 15 is 0 Å². The average molecular weight is 260 g/mol. The maximum absolute atomic E-state index is 11.5. The fraction of sp³-hybridized carbons (Fsp3) is 1.00. The summed E-state index contributed by atoms with van der Waals surface area (Å²) in [6.45, 7) is 0. The lowest BCUT2D eigenvalue weighted by atomic mass is 9.48. The van der Waals surface area contributed by atoms with Crippen LogP contribution in [0.3, 0.4) is 0 Å². The first-order valence-corrected chi connectivity index (χ1v) is 8.93. The van der Waals surface area contributed by atoms with Crippen LogP contribution in [0.15, 0.2) is 0 Å². The van der Waals surface area contributed by atoms with Gasteiger partial charge in [0.25, 0.3) is 0 Å². The van der Waals surface area contributed by atoms with Gasteiger partial charge in [0.05, 0.1) is 5.60 Å². The van der Waals surface area contributed by atoms with Crippen molar-refractivity contribution in [3.8, 4) is 0 Å². The summed E-state index contributed by atoms with van der Waals surface area (Å²) in [7, 11) is 0. The number of hydrogen-bond donors (Lipinski definition) is 1. The van der Waals surface area contributed by atoms with E-state index in [2.05, 4.69) is 0 Å². The van der Waals surface area contributed by atoms with Crippen molar-refractivity contribution >= 4 is 0 Å². The van der Waals surface area contributed by atoms with Crippen molar-refractivity contribution in [2.45, 2.75) is 69.8 Å². The van der Waals surface area contributed by atoms with E-state index in [1.165, 1.54) is 64.2 Å². The van der Waals surface area contributed by atoms with Crippen LogP contribution in [-0.2, 0) is 0 Å². The van der Waals surface area contributed by atoms with Gasteiger partial charge in [-0.2, -0.15) is 0 Å². The van der Waals surface area contributed by atoms with Gasteiger partial charge in [-0.15, -0.1) is 0 Å². The first-order chi connectivity index (χ1) is 9.20. The zero-order valence-corrected chi connectivity index (χ0v) is 12.1. The Labute approximate surface area is 117 Å². The fourth-order valence-electron chi connectivity index (χ4n) is 7.38. The molecule has 0 aromatic carbocycles. The van der Waals surface area contributed by atoms with Crippen LogP contribution in [0, 0.1) is 41.4 Å². The monoisotopic (exact) mass is 260 g/mol. The highest BCUT2D eigenvalue weighted by Gasteiger charge is 2.57. The second kappa shape index (κ2) is 3.78. The van der Waals surface area contributed by atoms with E-state index < -0.39 is 0 Å². The smallest absolute Gasteiger partial charge is 0.0706 e. The van der Waals surface area contributed by atoms with E-state index in [0.29, 0.717) is 11.8 Å². The fourth-order valence-corrected chi connectivity index (χ4v) is 7.38. The molecule has 6 aliphatic rings. The molecule has 3 atom stereocenters. The van der Waals surface area contributed by atoms with Crippen LogP contribution in [0.5, 0.6) is 0 Å². The highest BCUT2D eigenvalue weighted by Crippen LogP contribution is 2.62. The molecule has 6 bridgehead atoms. The van der Waals surface area contributed by atoms with Crippen LogP contribution in [0.25, 0.3) is 0 Å². The van der Waals surface area contributed by atoms with Crippen LogP contribution in [0.4, 0.5) is 0 Å². The molecule has 6 rings (SSSR count). The van der Waals surface area contributed by atoms with Crippen LogP contribution in [0.1, 0.15) is 64.2 Å². The summed E-state index contributed by atoms with van der Waals surface area (Å²) in [4.78, 5) is 0. The molecule has 6 aliphatic carbocycles. The topological polar surface area (TPSA) is 20.2 Å². The summed E-state index contributed by atoms with van der Waals surface area (Å²) in [5, 5.41) is 11.5. The Morgan fingerprint density at radius 1 is 0.737 bits per heavy atom. The van der Waals surface area contributed by atoms with Gasteiger partial charge < -0.3 is 5.11 Å². The molecule has 0 spiro atoms. The highest BCUT2D eigenvalue weighted by molar-refractivity contribution is 5.08. The third kappa shape index (κ3) is 1.57. The zero-order chi connectivity index (χ0) is 12.6. The van der Waals surface area contributed by atoms with Crippen LogP contribution >= 0.6 is 0 Å². The molecular formula is C18H28O. The normalized spacial score (nSPS) is 62.1. The van der Waals surface area contributed by atoms with E-state index in [4.69, 9.17) is 0 Å². The molecule has 0 amide bonds. The van der Waals surface area contributed by atoms with Crippen molar-refractivity contribution in [3.05, 3.63) is 0 Å². The second-order valence-electron chi connectivity index (χ2n) is 8.93. The van der Waals surface area contributed by atoms with Gasteiger partial charge in [0, 0.05) is 0 Å². The molecule has 106 valence electrons. The zero-order valence-electron chi connectivity index (χ0n) is 12.1. The molecule has 6 saturated carbocycles. The summed E-state index contributed by atoms with van der Waals surface area (Å²) < 4.78 is 0. The Balaban J connectivity index is 1.38. The minimum absolute atomic E-state index is 0.234. The van der Waals surface area contributed by atoms with Gasteiger partial charge in [-0.3, -0.25) is 0 Å². The second-order valence-corrected chi connectivity index (χ2v) is 8.93. The molecule has 1 N–H and O–H groups in total. The van der Waals surface area contributed by atoms with Gasteiger partial charge in [-0.05, 0) is 99.2 Å². The third-order valence-electron chi connectivity index (χ3n) is 8.03. The third-order valence-corrected chi connectivity index (χ3v) is 8.03. The van der Waals surface area contributed by atoms with Gasteiger partial charge in [-0.1, -0.05) is 6.42 Å². The average Bonchev–Trinajstić information content (AvgIpc) is 2.97. The van der Waals surface area contributed by atoms with E-state index in [1.807, 2.05) is 0 Å². The van der Waals surface area contributed by atoms with Crippen molar-refractivity contribution in [2.75, 3.05) is 0 Å². The lowest BCUT2D eigenvalue weighted by molar-refractivity contribution is -0.184. The maximum atomic E-state index is 11.5. The largest absolute Gasteiger partial charge is 0.389 e. The van der Waals surface area contributed by atoms with E-state index in [-0.39, 0.29) is 5.60 Å². The molecule has 1 heteroatoms. The molecule has 1 nitrogen and oxygen atoms in total. The van der Waals surface area contributed by atoms with Crippen molar-refractivity contribution in [1.82, 2.24) is 0 Å². The standard InChI is InChI=1S/C18H28O/c19-18(10-15-5-11-1-2-14(15)4-11)16-6-12-3-13(8-16)9-17(18)7-12/h11-17,19H,1-10H2. The van der Waals surface area contributed by atoms with Crippen LogP contribution in [0.2, 0.25) is 0 Å². The Kier molecular flexibility index (Phi) is 2.31. The molecule has 0 saturated heterocycles. The molecule has 0 radical (unpaired) electrons. The molecular weight excluding hydrogens is 232 g/mol. The Morgan fingerprint density at radius 2 is 1.42 bits per heavy atom. The summed E-state index contributed by atoms with van der Waals surface area (Å²) in [5.41, 5.74) is -0.234. The number of rotatable bonds is 2. The highest BCUT2D eigenvalue weighted by atomic mass is 16.3. The van der Waals surface area contributed by atoms with Gasteiger partial charge in [-0.25, -0.2) is 0 Å². The molecule has 0 aromatic heterocycles. The van der Waals surface area contributed by atoms with Crippen molar-refractivity contribution < 1.29 is 5.11 Å². The summed E-state index contributed by atoms with van der Waals surface area (Å²) in [6.07, 6.45) is 14.1. The van der Waals surface area contributed by atoms with E-state index in [1.54, 1.807) is 0 Å². The SMILES string of the molecule is OC1(CC2CC3CCC2C3)C2CC3CC(C2)CC1C3. The van der Waals surface area contributed by atoms with Gasteiger partial charge in [0.1, 0.15) is 0 Å². The summed E-state index contributed by atoms with van der Waals surface area (Å²) in [5.74, 6) is 6.26. The van der Waals surface area contributed by atoms with E-state index in [9.17, 15) is 5.11 Å². The lowest BCUT2D eigenvalue weighted by Crippen LogP contribution is -2.58.